The largest absolute Gasteiger partial charge is 0.496 e. The third-order valence-corrected chi connectivity index (χ3v) is 5.91. The molecule has 0 unspecified atom stereocenters. The minimum Gasteiger partial charge on any atom is -0.496 e. The third kappa shape index (κ3) is 5.60. The quantitative estimate of drug-likeness (QED) is 0.565. The van der Waals surface area contributed by atoms with E-state index in [0.29, 0.717) is 28.0 Å². The van der Waals surface area contributed by atoms with E-state index in [1.807, 2.05) is 24.3 Å². The molecule has 174 valence electrons. The van der Waals surface area contributed by atoms with Crippen molar-refractivity contribution in [2.24, 2.45) is 0 Å². The molecule has 1 aliphatic heterocycles. The Morgan fingerprint density at radius 2 is 1.85 bits per heavy atom. The number of amides is 1. The van der Waals surface area contributed by atoms with Crippen LogP contribution < -0.4 is 15.4 Å². The molecule has 7 heteroatoms. The standard InChI is InChI=1S/C27H27FN4O2/c1-34-26-8-6-21(18-32-11-9-30-10-12-32)15-24(26)23-14-20(5-7-25(23)28)17-31-27(33)22-4-2-3-19(13-22)16-29/h2-8,13-15,30H,9-12,17-18H2,1H3,(H,31,33). The first-order valence-electron chi connectivity index (χ1n) is 11.2. The Kier molecular flexibility index (Phi) is 7.53. The van der Waals surface area contributed by atoms with E-state index in [1.54, 1.807) is 43.5 Å². The van der Waals surface area contributed by atoms with Crippen LogP contribution in [-0.4, -0.2) is 44.1 Å². The molecule has 3 aromatic carbocycles. The Morgan fingerprint density at radius 3 is 2.62 bits per heavy atom. The maximum atomic E-state index is 14.9. The Morgan fingerprint density at radius 1 is 1.09 bits per heavy atom. The van der Waals surface area contributed by atoms with Crippen molar-refractivity contribution < 1.29 is 13.9 Å². The zero-order chi connectivity index (χ0) is 23.9. The van der Waals surface area contributed by atoms with E-state index in [-0.39, 0.29) is 18.3 Å². The molecule has 0 aliphatic carbocycles. The molecule has 4 rings (SSSR count). The predicted molar refractivity (Wildman–Crippen MR) is 129 cm³/mol. The number of nitrogens with zero attached hydrogens (tertiary/aromatic N) is 2. The van der Waals surface area contributed by atoms with E-state index in [2.05, 4.69) is 15.5 Å². The molecule has 1 fully saturated rings. The molecular weight excluding hydrogens is 431 g/mol. The van der Waals surface area contributed by atoms with Crippen LogP contribution >= 0.6 is 0 Å². The zero-order valence-electron chi connectivity index (χ0n) is 19.1. The van der Waals surface area contributed by atoms with Gasteiger partial charge in [-0.05, 0) is 53.6 Å². The van der Waals surface area contributed by atoms with Crippen molar-refractivity contribution >= 4 is 5.91 Å². The molecule has 1 saturated heterocycles. The number of piperazine rings is 1. The van der Waals surface area contributed by atoms with Gasteiger partial charge in [-0.15, -0.1) is 0 Å². The smallest absolute Gasteiger partial charge is 0.251 e. The normalized spacial score (nSPS) is 13.8. The Bertz CT molecular complexity index is 1220. The van der Waals surface area contributed by atoms with Gasteiger partial charge < -0.3 is 15.4 Å². The van der Waals surface area contributed by atoms with Gasteiger partial charge in [0.15, 0.2) is 0 Å². The maximum Gasteiger partial charge on any atom is 0.251 e. The molecule has 0 atom stereocenters. The van der Waals surface area contributed by atoms with Crippen LogP contribution in [0.15, 0.2) is 60.7 Å². The Balaban J connectivity index is 1.54. The Labute approximate surface area is 199 Å². The molecule has 0 bridgehead atoms. The lowest BCUT2D eigenvalue weighted by atomic mass is 9.98. The fourth-order valence-electron chi connectivity index (χ4n) is 4.09. The van der Waals surface area contributed by atoms with Crippen LogP contribution in [0, 0.1) is 17.1 Å². The van der Waals surface area contributed by atoms with Gasteiger partial charge in [-0.25, -0.2) is 4.39 Å². The number of hydrogen-bond acceptors (Lipinski definition) is 5. The van der Waals surface area contributed by atoms with E-state index >= 15 is 0 Å². The second-order valence-corrected chi connectivity index (χ2v) is 8.25. The number of rotatable bonds is 7. The molecule has 0 aromatic heterocycles. The molecule has 0 spiro atoms. The molecule has 3 aromatic rings. The fourth-order valence-corrected chi connectivity index (χ4v) is 4.09. The highest BCUT2D eigenvalue weighted by Crippen LogP contribution is 2.34. The van der Waals surface area contributed by atoms with Crippen LogP contribution in [-0.2, 0) is 13.1 Å². The van der Waals surface area contributed by atoms with Gasteiger partial charge in [-0.2, -0.15) is 5.26 Å². The second-order valence-electron chi connectivity index (χ2n) is 8.25. The monoisotopic (exact) mass is 458 g/mol. The molecular formula is C27H27FN4O2. The van der Waals surface area contributed by atoms with Crippen LogP contribution in [0.1, 0.15) is 27.0 Å². The Hall–Kier alpha value is -3.73. The second kappa shape index (κ2) is 10.9. The van der Waals surface area contributed by atoms with Crippen molar-refractivity contribution in [3.8, 4) is 22.9 Å². The van der Waals surface area contributed by atoms with Gasteiger partial charge in [0.05, 0.1) is 18.7 Å². The fraction of sp³-hybridized carbons (Fsp3) is 0.259. The van der Waals surface area contributed by atoms with Crippen molar-refractivity contribution in [2.75, 3.05) is 33.3 Å². The summed E-state index contributed by atoms with van der Waals surface area (Å²) < 4.78 is 20.4. The number of nitrogens with one attached hydrogen (secondary N) is 2. The zero-order valence-corrected chi connectivity index (χ0v) is 19.1. The highest BCUT2D eigenvalue weighted by molar-refractivity contribution is 5.94. The molecule has 1 aliphatic rings. The summed E-state index contributed by atoms with van der Waals surface area (Å²) in [7, 11) is 1.58. The molecule has 34 heavy (non-hydrogen) atoms. The van der Waals surface area contributed by atoms with E-state index in [9.17, 15) is 9.18 Å². The molecule has 0 radical (unpaired) electrons. The lowest BCUT2D eigenvalue weighted by Crippen LogP contribution is -2.42. The summed E-state index contributed by atoms with van der Waals surface area (Å²) in [4.78, 5) is 14.9. The minimum absolute atomic E-state index is 0.228. The van der Waals surface area contributed by atoms with Crippen molar-refractivity contribution in [1.82, 2.24) is 15.5 Å². The summed E-state index contributed by atoms with van der Waals surface area (Å²) in [5.41, 5.74) is 3.79. The SMILES string of the molecule is COc1ccc(CN2CCNCC2)cc1-c1cc(CNC(=O)c2cccc(C#N)c2)ccc1F. The first kappa shape index (κ1) is 23.4. The van der Waals surface area contributed by atoms with Gasteiger partial charge in [0, 0.05) is 56.0 Å². The van der Waals surface area contributed by atoms with E-state index in [1.165, 1.54) is 6.07 Å². The topological polar surface area (TPSA) is 77.4 Å². The molecule has 6 nitrogen and oxygen atoms in total. The molecule has 1 amide bonds. The van der Waals surface area contributed by atoms with Gasteiger partial charge in [0.2, 0.25) is 0 Å². The van der Waals surface area contributed by atoms with Gasteiger partial charge in [-0.3, -0.25) is 9.69 Å². The van der Waals surface area contributed by atoms with Crippen LogP contribution in [0.5, 0.6) is 5.75 Å². The highest BCUT2D eigenvalue weighted by atomic mass is 19.1. The number of carbonyl (C=O) groups excluding carboxylic acids is 1. The van der Waals surface area contributed by atoms with Crippen LogP contribution in [0.3, 0.4) is 0 Å². The average molecular weight is 459 g/mol. The summed E-state index contributed by atoms with van der Waals surface area (Å²) in [6, 6.07) is 19.2. The average Bonchev–Trinajstić information content (AvgIpc) is 2.88. The number of ether oxygens (including phenoxy) is 1. The van der Waals surface area contributed by atoms with Crippen molar-refractivity contribution in [3.63, 3.8) is 0 Å². The summed E-state index contributed by atoms with van der Waals surface area (Å²) in [6.45, 7) is 4.90. The number of carbonyl (C=O) groups is 1. The van der Waals surface area contributed by atoms with Crippen LogP contribution in [0.4, 0.5) is 4.39 Å². The van der Waals surface area contributed by atoms with Crippen LogP contribution in [0.25, 0.3) is 11.1 Å². The first-order chi connectivity index (χ1) is 16.6. The van der Waals surface area contributed by atoms with Gasteiger partial charge in [-0.1, -0.05) is 18.2 Å². The molecule has 1 heterocycles. The predicted octanol–water partition coefficient (Wildman–Crippen LogP) is 3.71. The van der Waals surface area contributed by atoms with E-state index < -0.39 is 0 Å². The molecule has 2 N–H and O–H groups in total. The van der Waals surface area contributed by atoms with Gasteiger partial charge in [0.25, 0.3) is 5.91 Å². The van der Waals surface area contributed by atoms with Crippen molar-refractivity contribution in [3.05, 3.63) is 88.7 Å². The van der Waals surface area contributed by atoms with E-state index in [4.69, 9.17) is 10.00 Å². The van der Waals surface area contributed by atoms with Gasteiger partial charge >= 0.3 is 0 Å². The first-order valence-corrected chi connectivity index (χ1v) is 11.2. The van der Waals surface area contributed by atoms with Crippen LogP contribution in [0.2, 0.25) is 0 Å². The van der Waals surface area contributed by atoms with E-state index in [0.717, 1.165) is 43.9 Å². The van der Waals surface area contributed by atoms with Gasteiger partial charge in [0.1, 0.15) is 11.6 Å². The molecule has 0 saturated carbocycles. The third-order valence-electron chi connectivity index (χ3n) is 5.91. The number of hydrogen-bond donors (Lipinski definition) is 2. The summed E-state index contributed by atoms with van der Waals surface area (Å²) in [6.07, 6.45) is 0. The summed E-state index contributed by atoms with van der Waals surface area (Å²) >= 11 is 0. The number of methoxy groups -OCH3 is 1. The highest BCUT2D eigenvalue weighted by Gasteiger charge is 2.16. The number of benzene rings is 3. The number of nitriles is 1. The number of halogens is 1. The van der Waals surface area contributed by atoms with Crippen molar-refractivity contribution in [2.45, 2.75) is 13.1 Å². The minimum atomic E-state index is -0.352. The lowest BCUT2D eigenvalue weighted by molar-refractivity contribution is 0.0951. The summed E-state index contributed by atoms with van der Waals surface area (Å²) in [5.74, 6) is -0.0505. The summed E-state index contributed by atoms with van der Waals surface area (Å²) in [5, 5.41) is 15.2. The lowest BCUT2D eigenvalue weighted by Gasteiger charge is -2.27. The maximum absolute atomic E-state index is 14.9. The van der Waals surface area contributed by atoms with Crippen molar-refractivity contribution in [1.29, 1.82) is 5.26 Å².